The van der Waals surface area contributed by atoms with Crippen molar-refractivity contribution in [1.82, 2.24) is 4.90 Å². The fourth-order valence-electron chi connectivity index (χ4n) is 2.37. The lowest BCUT2D eigenvalue weighted by atomic mass is 10.1. The van der Waals surface area contributed by atoms with Crippen molar-refractivity contribution in [2.75, 3.05) is 13.6 Å². The van der Waals surface area contributed by atoms with E-state index in [4.69, 9.17) is 5.73 Å². The van der Waals surface area contributed by atoms with Crippen LogP contribution in [0.2, 0.25) is 0 Å². The van der Waals surface area contributed by atoms with Crippen molar-refractivity contribution in [3.63, 3.8) is 0 Å². The Morgan fingerprint density at radius 3 is 2.43 bits per heavy atom. The van der Waals surface area contributed by atoms with Crippen molar-refractivity contribution in [1.29, 1.82) is 0 Å². The van der Waals surface area contributed by atoms with Crippen molar-refractivity contribution in [3.05, 3.63) is 12.2 Å². The Morgan fingerprint density at radius 1 is 1.36 bits per heavy atom. The molecule has 82 valence electrons. The lowest BCUT2D eigenvalue weighted by Gasteiger charge is -2.28. The smallest absolute Gasteiger partial charge is 0.0229 e. The van der Waals surface area contributed by atoms with Gasteiger partial charge >= 0.3 is 0 Å². The molecule has 2 heteroatoms. The van der Waals surface area contributed by atoms with Gasteiger partial charge in [-0.15, -0.1) is 0 Å². The lowest BCUT2D eigenvalue weighted by Crippen LogP contribution is -2.34. The molecule has 1 aliphatic carbocycles. The van der Waals surface area contributed by atoms with Gasteiger partial charge in [-0.2, -0.15) is 0 Å². The van der Waals surface area contributed by atoms with Gasteiger partial charge in [0.1, 0.15) is 0 Å². The van der Waals surface area contributed by atoms with Crippen LogP contribution in [-0.2, 0) is 0 Å². The Labute approximate surface area is 88.2 Å². The molecule has 0 bridgehead atoms. The first-order chi connectivity index (χ1) is 6.67. The maximum atomic E-state index is 5.84. The van der Waals surface area contributed by atoms with Crippen LogP contribution in [-0.4, -0.2) is 30.6 Å². The normalized spacial score (nSPS) is 26.7. The standard InChI is InChI=1S/C12H24N2/c1-4-12(5-2)14(3)9-10-6-7-11(13)8-10/h6-7,10-12H,4-5,8-9,13H2,1-3H3. The molecule has 0 saturated heterocycles. The second-order valence-corrected chi connectivity index (χ2v) is 4.45. The third kappa shape index (κ3) is 3.10. The lowest BCUT2D eigenvalue weighted by molar-refractivity contribution is 0.207. The van der Waals surface area contributed by atoms with Gasteiger partial charge in [-0.25, -0.2) is 0 Å². The molecule has 0 aromatic carbocycles. The van der Waals surface area contributed by atoms with E-state index in [1.807, 2.05) is 0 Å². The quantitative estimate of drug-likeness (QED) is 0.682. The second-order valence-electron chi connectivity index (χ2n) is 4.45. The van der Waals surface area contributed by atoms with E-state index in [0.717, 1.165) is 19.0 Å². The van der Waals surface area contributed by atoms with Gasteiger partial charge in [-0.3, -0.25) is 0 Å². The van der Waals surface area contributed by atoms with Gasteiger partial charge in [0.15, 0.2) is 0 Å². The van der Waals surface area contributed by atoms with E-state index >= 15 is 0 Å². The van der Waals surface area contributed by atoms with Crippen molar-refractivity contribution >= 4 is 0 Å². The highest BCUT2D eigenvalue weighted by atomic mass is 15.1. The van der Waals surface area contributed by atoms with Crippen molar-refractivity contribution in [2.24, 2.45) is 11.7 Å². The van der Waals surface area contributed by atoms with Crippen LogP contribution in [0.3, 0.4) is 0 Å². The molecule has 0 fully saturated rings. The molecule has 0 aromatic heterocycles. The minimum atomic E-state index is 0.301. The van der Waals surface area contributed by atoms with Crippen LogP contribution in [0.25, 0.3) is 0 Å². The third-order valence-electron chi connectivity index (χ3n) is 3.29. The highest BCUT2D eigenvalue weighted by molar-refractivity contribution is 5.05. The summed E-state index contributed by atoms with van der Waals surface area (Å²) in [5.74, 6) is 0.676. The predicted molar refractivity (Wildman–Crippen MR) is 62.2 cm³/mol. The van der Waals surface area contributed by atoms with E-state index in [1.54, 1.807) is 0 Å². The zero-order valence-corrected chi connectivity index (χ0v) is 9.74. The van der Waals surface area contributed by atoms with E-state index in [2.05, 4.69) is 37.9 Å². The first-order valence-corrected chi connectivity index (χ1v) is 5.81. The molecule has 0 aliphatic heterocycles. The molecular formula is C12H24N2. The second kappa shape index (κ2) is 5.52. The SMILES string of the molecule is CCC(CC)N(C)CC1C=CC(N)C1. The predicted octanol–water partition coefficient (Wildman–Crippen LogP) is 2.01. The van der Waals surface area contributed by atoms with E-state index < -0.39 is 0 Å². The zero-order valence-electron chi connectivity index (χ0n) is 9.74. The van der Waals surface area contributed by atoms with Crippen molar-refractivity contribution < 1.29 is 0 Å². The minimum absolute atomic E-state index is 0.301. The average molecular weight is 196 g/mol. The summed E-state index contributed by atoms with van der Waals surface area (Å²) in [6.45, 7) is 5.69. The monoisotopic (exact) mass is 196 g/mol. The van der Waals surface area contributed by atoms with E-state index in [0.29, 0.717) is 12.0 Å². The van der Waals surface area contributed by atoms with Crippen molar-refractivity contribution in [3.8, 4) is 0 Å². The van der Waals surface area contributed by atoms with E-state index in [1.165, 1.54) is 12.8 Å². The minimum Gasteiger partial charge on any atom is -0.324 e. The highest BCUT2D eigenvalue weighted by Crippen LogP contribution is 2.19. The van der Waals surface area contributed by atoms with Crippen molar-refractivity contribution in [2.45, 2.75) is 45.2 Å². The van der Waals surface area contributed by atoms with Gasteiger partial charge in [0.2, 0.25) is 0 Å². The van der Waals surface area contributed by atoms with Crippen LogP contribution in [0, 0.1) is 5.92 Å². The van der Waals surface area contributed by atoms with Gasteiger partial charge in [0.25, 0.3) is 0 Å². The fourth-order valence-corrected chi connectivity index (χ4v) is 2.37. The van der Waals surface area contributed by atoms with Gasteiger partial charge in [0, 0.05) is 18.6 Å². The summed E-state index contributed by atoms with van der Waals surface area (Å²) in [7, 11) is 2.23. The molecule has 2 N–H and O–H groups in total. The molecule has 0 radical (unpaired) electrons. The first kappa shape index (κ1) is 11.7. The molecular weight excluding hydrogens is 172 g/mol. The van der Waals surface area contributed by atoms with Crippen LogP contribution < -0.4 is 5.73 Å². The molecule has 0 saturated carbocycles. The Balaban J connectivity index is 2.33. The van der Waals surface area contributed by atoms with Crippen LogP contribution >= 0.6 is 0 Å². The van der Waals surface area contributed by atoms with Crippen LogP contribution in [0.4, 0.5) is 0 Å². The largest absolute Gasteiger partial charge is 0.324 e. The van der Waals surface area contributed by atoms with E-state index in [-0.39, 0.29) is 0 Å². The van der Waals surface area contributed by atoms with E-state index in [9.17, 15) is 0 Å². The van der Waals surface area contributed by atoms with Crippen LogP contribution in [0.1, 0.15) is 33.1 Å². The van der Waals surface area contributed by atoms with Crippen LogP contribution in [0.5, 0.6) is 0 Å². The zero-order chi connectivity index (χ0) is 10.6. The Morgan fingerprint density at radius 2 is 2.00 bits per heavy atom. The molecule has 0 spiro atoms. The molecule has 0 heterocycles. The molecule has 14 heavy (non-hydrogen) atoms. The Hall–Kier alpha value is -0.340. The maximum absolute atomic E-state index is 5.84. The van der Waals surface area contributed by atoms with Gasteiger partial charge in [-0.1, -0.05) is 26.0 Å². The molecule has 0 amide bonds. The fraction of sp³-hybridized carbons (Fsp3) is 0.833. The molecule has 1 aliphatic rings. The number of rotatable bonds is 5. The molecule has 2 atom stereocenters. The number of hydrogen-bond acceptors (Lipinski definition) is 2. The number of hydrogen-bond donors (Lipinski definition) is 1. The Bertz CT molecular complexity index is 185. The highest BCUT2D eigenvalue weighted by Gasteiger charge is 2.19. The van der Waals surface area contributed by atoms with Gasteiger partial charge in [0.05, 0.1) is 0 Å². The summed E-state index contributed by atoms with van der Waals surface area (Å²) < 4.78 is 0. The summed E-state index contributed by atoms with van der Waals surface area (Å²) in [5.41, 5.74) is 5.84. The summed E-state index contributed by atoms with van der Waals surface area (Å²) in [6.07, 6.45) is 8.05. The number of nitrogens with zero attached hydrogens (tertiary/aromatic N) is 1. The van der Waals surface area contributed by atoms with Crippen LogP contribution in [0.15, 0.2) is 12.2 Å². The summed E-state index contributed by atoms with van der Waals surface area (Å²) in [6, 6.07) is 1.04. The molecule has 2 nitrogen and oxygen atoms in total. The topological polar surface area (TPSA) is 29.3 Å². The first-order valence-electron chi connectivity index (χ1n) is 5.81. The number of nitrogens with two attached hydrogens (primary N) is 1. The summed E-state index contributed by atoms with van der Waals surface area (Å²) in [5, 5.41) is 0. The maximum Gasteiger partial charge on any atom is 0.0229 e. The molecule has 2 unspecified atom stereocenters. The van der Waals surface area contributed by atoms with Gasteiger partial charge < -0.3 is 10.6 Å². The molecule has 1 rings (SSSR count). The van der Waals surface area contributed by atoms with Gasteiger partial charge in [-0.05, 0) is 32.2 Å². The average Bonchev–Trinajstić information content (AvgIpc) is 2.53. The third-order valence-corrected chi connectivity index (χ3v) is 3.29. The summed E-state index contributed by atoms with van der Waals surface area (Å²) >= 11 is 0. The molecule has 0 aromatic rings. The summed E-state index contributed by atoms with van der Waals surface area (Å²) in [4.78, 5) is 2.48. The Kier molecular flexibility index (Phi) is 4.63.